The number of nitrogens with two attached hydrogens (primary N) is 1. The molecule has 0 saturated heterocycles. The number of carbonyl (C=O) groups is 1. The molecule has 0 saturated carbocycles. The van der Waals surface area contributed by atoms with E-state index in [1.54, 1.807) is 11.4 Å². The molecular weight excluding hydrogens is 210 g/mol. The standard InChI is InChI=1S/C11H17NO2S/c1-8(2)4-3-6-14-11(13)10-9(12)5-7-15-10/h5,7-8H,3-4,6,12H2,1-2H3. The smallest absolute Gasteiger partial charge is 0.350 e. The van der Waals surface area contributed by atoms with Gasteiger partial charge in [0, 0.05) is 0 Å². The van der Waals surface area contributed by atoms with Gasteiger partial charge in [-0.1, -0.05) is 13.8 Å². The molecule has 0 spiro atoms. The second-order valence-corrected chi connectivity index (χ2v) is 4.79. The van der Waals surface area contributed by atoms with Gasteiger partial charge in [-0.3, -0.25) is 0 Å². The van der Waals surface area contributed by atoms with Crippen molar-refractivity contribution >= 4 is 23.0 Å². The SMILES string of the molecule is CC(C)CCCOC(=O)c1sccc1N. The van der Waals surface area contributed by atoms with E-state index in [1.165, 1.54) is 11.3 Å². The molecule has 84 valence electrons. The zero-order valence-corrected chi connectivity index (χ0v) is 9.97. The summed E-state index contributed by atoms with van der Waals surface area (Å²) in [6, 6.07) is 1.72. The van der Waals surface area contributed by atoms with Crippen LogP contribution in [0.5, 0.6) is 0 Å². The Balaban J connectivity index is 2.28. The number of ether oxygens (including phenoxy) is 1. The van der Waals surface area contributed by atoms with Crippen molar-refractivity contribution in [2.75, 3.05) is 12.3 Å². The Morgan fingerprint density at radius 1 is 1.60 bits per heavy atom. The van der Waals surface area contributed by atoms with Crippen molar-refractivity contribution in [3.8, 4) is 0 Å². The lowest BCUT2D eigenvalue weighted by Gasteiger charge is -2.05. The summed E-state index contributed by atoms with van der Waals surface area (Å²) in [5.74, 6) is 0.349. The minimum Gasteiger partial charge on any atom is -0.461 e. The third-order valence-electron chi connectivity index (χ3n) is 2.04. The van der Waals surface area contributed by atoms with Crippen LogP contribution in [0.3, 0.4) is 0 Å². The van der Waals surface area contributed by atoms with Crippen molar-refractivity contribution in [2.45, 2.75) is 26.7 Å². The van der Waals surface area contributed by atoms with Crippen molar-refractivity contribution in [3.63, 3.8) is 0 Å². The van der Waals surface area contributed by atoms with Gasteiger partial charge in [0.1, 0.15) is 4.88 Å². The average Bonchev–Trinajstić information content (AvgIpc) is 2.58. The van der Waals surface area contributed by atoms with Crippen molar-refractivity contribution in [3.05, 3.63) is 16.3 Å². The molecule has 0 atom stereocenters. The maximum Gasteiger partial charge on any atom is 0.350 e. The number of esters is 1. The molecule has 1 heterocycles. The molecule has 0 unspecified atom stereocenters. The van der Waals surface area contributed by atoms with Gasteiger partial charge in [-0.25, -0.2) is 4.79 Å². The Labute approximate surface area is 94.2 Å². The summed E-state index contributed by atoms with van der Waals surface area (Å²) in [7, 11) is 0. The Kier molecular flexibility index (Phi) is 4.62. The van der Waals surface area contributed by atoms with E-state index >= 15 is 0 Å². The Bertz CT molecular complexity index is 320. The number of anilines is 1. The lowest BCUT2D eigenvalue weighted by Crippen LogP contribution is -2.07. The lowest BCUT2D eigenvalue weighted by atomic mass is 10.1. The molecule has 2 N–H and O–H groups in total. The summed E-state index contributed by atoms with van der Waals surface area (Å²) in [6.45, 7) is 4.78. The molecule has 0 fully saturated rings. The molecular formula is C11H17NO2S. The quantitative estimate of drug-likeness (QED) is 0.621. The van der Waals surface area contributed by atoms with Gasteiger partial charge < -0.3 is 10.5 Å². The van der Waals surface area contributed by atoms with Gasteiger partial charge in [-0.15, -0.1) is 11.3 Å². The van der Waals surface area contributed by atoms with Gasteiger partial charge in [0.25, 0.3) is 0 Å². The molecule has 0 aliphatic heterocycles. The third-order valence-corrected chi connectivity index (χ3v) is 2.95. The number of thiophene rings is 1. The lowest BCUT2D eigenvalue weighted by molar-refractivity contribution is 0.0501. The highest BCUT2D eigenvalue weighted by Crippen LogP contribution is 2.19. The minimum atomic E-state index is -0.300. The van der Waals surface area contributed by atoms with Gasteiger partial charge in [0.05, 0.1) is 12.3 Å². The Morgan fingerprint density at radius 2 is 2.33 bits per heavy atom. The fourth-order valence-corrected chi connectivity index (χ4v) is 1.92. The zero-order chi connectivity index (χ0) is 11.3. The average molecular weight is 227 g/mol. The second-order valence-electron chi connectivity index (χ2n) is 3.88. The van der Waals surface area contributed by atoms with E-state index in [2.05, 4.69) is 13.8 Å². The van der Waals surface area contributed by atoms with E-state index in [0.29, 0.717) is 23.1 Å². The van der Waals surface area contributed by atoms with Crippen molar-refractivity contribution < 1.29 is 9.53 Å². The van der Waals surface area contributed by atoms with Crippen LogP contribution < -0.4 is 5.73 Å². The molecule has 3 nitrogen and oxygen atoms in total. The van der Waals surface area contributed by atoms with Crippen molar-refractivity contribution in [2.24, 2.45) is 5.92 Å². The van der Waals surface area contributed by atoms with Gasteiger partial charge >= 0.3 is 5.97 Å². The first-order chi connectivity index (χ1) is 7.11. The van der Waals surface area contributed by atoms with Gasteiger partial charge in [0.15, 0.2) is 0 Å². The predicted octanol–water partition coefficient (Wildman–Crippen LogP) is 2.92. The number of nitrogen functional groups attached to an aromatic ring is 1. The van der Waals surface area contributed by atoms with Crippen molar-refractivity contribution in [1.82, 2.24) is 0 Å². The summed E-state index contributed by atoms with van der Waals surface area (Å²) in [5, 5.41) is 1.79. The van der Waals surface area contributed by atoms with Crippen LogP contribution in [0.4, 0.5) is 5.69 Å². The molecule has 0 aliphatic rings. The maximum atomic E-state index is 11.5. The maximum absolute atomic E-state index is 11.5. The largest absolute Gasteiger partial charge is 0.461 e. The van der Waals surface area contributed by atoms with Crippen LogP contribution in [0.15, 0.2) is 11.4 Å². The van der Waals surface area contributed by atoms with Crippen molar-refractivity contribution in [1.29, 1.82) is 0 Å². The zero-order valence-electron chi connectivity index (χ0n) is 9.16. The van der Waals surface area contributed by atoms with Gasteiger partial charge in [0.2, 0.25) is 0 Å². The highest BCUT2D eigenvalue weighted by Gasteiger charge is 2.12. The van der Waals surface area contributed by atoms with Crippen LogP contribution in [0.2, 0.25) is 0 Å². The number of rotatable bonds is 5. The number of hydrogen-bond acceptors (Lipinski definition) is 4. The van der Waals surface area contributed by atoms with Gasteiger partial charge in [-0.2, -0.15) is 0 Å². The van der Waals surface area contributed by atoms with Crippen LogP contribution in [-0.4, -0.2) is 12.6 Å². The third kappa shape index (κ3) is 3.91. The van der Waals surface area contributed by atoms with Crippen LogP contribution in [-0.2, 0) is 4.74 Å². The number of hydrogen-bond donors (Lipinski definition) is 1. The first-order valence-corrected chi connectivity index (χ1v) is 5.99. The van der Waals surface area contributed by atoms with E-state index in [0.717, 1.165) is 12.8 Å². The summed E-state index contributed by atoms with van der Waals surface area (Å²) in [5.41, 5.74) is 6.11. The molecule has 1 rings (SSSR count). The highest BCUT2D eigenvalue weighted by atomic mass is 32.1. The van der Waals surface area contributed by atoms with E-state index in [1.807, 2.05) is 0 Å². The summed E-state index contributed by atoms with van der Waals surface area (Å²) in [4.78, 5) is 12.0. The van der Waals surface area contributed by atoms with E-state index < -0.39 is 0 Å². The fourth-order valence-electron chi connectivity index (χ4n) is 1.21. The summed E-state index contributed by atoms with van der Waals surface area (Å²) in [6.07, 6.45) is 1.99. The van der Waals surface area contributed by atoms with E-state index in [-0.39, 0.29) is 5.97 Å². The molecule has 4 heteroatoms. The monoisotopic (exact) mass is 227 g/mol. The van der Waals surface area contributed by atoms with Crippen LogP contribution in [0, 0.1) is 5.92 Å². The second kappa shape index (κ2) is 5.75. The molecule has 0 aliphatic carbocycles. The molecule has 15 heavy (non-hydrogen) atoms. The Hall–Kier alpha value is -1.03. The number of carbonyl (C=O) groups excluding carboxylic acids is 1. The topological polar surface area (TPSA) is 52.3 Å². The molecule has 0 aromatic carbocycles. The molecule has 1 aromatic rings. The van der Waals surface area contributed by atoms with E-state index in [9.17, 15) is 4.79 Å². The molecule has 0 radical (unpaired) electrons. The Morgan fingerprint density at radius 3 is 2.87 bits per heavy atom. The first kappa shape index (κ1) is 12.0. The summed E-state index contributed by atoms with van der Waals surface area (Å²) < 4.78 is 5.11. The van der Waals surface area contributed by atoms with E-state index in [4.69, 9.17) is 10.5 Å². The predicted molar refractivity (Wildman–Crippen MR) is 63.1 cm³/mol. The van der Waals surface area contributed by atoms with Crippen LogP contribution >= 0.6 is 11.3 Å². The van der Waals surface area contributed by atoms with Crippen LogP contribution in [0.25, 0.3) is 0 Å². The van der Waals surface area contributed by atoms with Crippen LogP contribution in [0.1, 0.15) is 36.4 Å². The highest BCUT2D eigenvalue weighted by molar-refractivity contribution is 7.12. The fraction of sp³-hybridized carbons (Fsp3) is 0.545. The first-order valence-electron chi connectivity index (χ1n) is 5.11. The summed E-state index contributed by atoms with van der Waals surface area (Å²) >= 11 is 1.32. The molecule has 1 aromatic heterocycles. The van der Waals surface area contributed by atoms with Gasteiger partial charge in [-0.05, 0) is 30.2 Å². The molecule has 0 amide bonds. The minimum absolute atomic E-state index is 0.300. The normalized spacial score (nSPS) is 10.6. The molecule has 0 bridgehead atoms.